The van der Waals surface area contributed by atoms with Crippen LogP contribution in [0.1, 0.15) is 31.6 Å². The van der Waals surface area contributed by atoms with Crippen molar-refractivity contribution in [3.05, 3.63) is 54.7 Å². The van der Waals surface area contributed by atoms with Crippen molar-refractivity contribution in [3.63, 3.8) is 0 Å². The first-order chi connectivity index (χ1) is 14.1. The molecule has 2 aromatic heterocycles. The molecule has 0 spiro atoms. The number of piperidine rings is 1. The number of rotatable bonds is 6. The van der Waals surface area contributed by atoms with Gasteiger partial charge in [-0.3, -0.25) is 9.69 Å². The molecule has 3 aromatic rings. The van der Waals surface area contributed by atoms with Gasteiger partial charge in [-0.15, -0.1) is 0 Å². The number of nitrogens with zero attached hydrogens (tertiary/aromatic N) is 5. The summed E-state index contributed by atoms with van der Waals surface area (Å²) in [4.78, 5) is 18.4. The number of carbonyl (C=O) groups excluding carboxylic acids is 1. The van der Waals surface area contributed by atoms with Crippen molar-refractivity contribution in [2.75, 3.05) is 25.5 Å². The fourth-order valence-corrected chi connectivity index (χ4v) is 3.84. The van der Waals surface area contributed by atoms with Gasteiger partial charge in [-0.1, -0.05) is 0 Å². The Morgan fingerprint density at radius 1 is 1.17 bits per heavy atom. The highest BCUT2D eigenvalue weighted by Crippen LogP contribution is 2.26. The minimum atomic E-state index is -0.0745. The van der Waals surface area contributed by atoms with Crippen LogP contribution in [0.4, 0.5) is 5.82 Å². The molecule has 0 unspecified atom stereocenters. The smallest absolute Gasteiger partial charge is 0.222 e. The zero-order chi connectivity index (χ0) is 20.2. The standard InChI is InChI=1S/C21H26N6O2/c1-16(28)24-20-7-10-23-27(20)18-8-12-25(13-9-18)15-21-22-11-14-26(21)17-3-5-19(29-2)6-4-17/h3-7,10-11,14,18H,8-9,12-13,15H2,1-2H3,(H,24,28). The van der Waals surface area contributed by atoms with Gasteiger partial charge in [0.25, 0.3) is 0 Å². The van der Waals surface area contributed by atoms with Crippen LogP contribution in [0.15, 0.2) is 48.9 Å². The number of hydrogen-bond donors (Lipinski definition) is 1. The zero-order valence-corrected chi connectivity index (χ0v) is 16.8. The van der Waals surface area contributed by atoms with Gasteiger partial charge in [-0.05, 0) is 37.1 Å². The molecule has 152 valence electrons. The number of imidazole rings is 1. The van der Waals surface area contributed by atoms with Gasteiger partial charge in [0, 0.05) is 44.2 Å². The second-order valence-electron chi connectivity index (χ2n) is 7.26. The van der Waals surface area contributed by atoms with E-state index in [9.17, 15) is 4.79 Å². The number of aromatic nitrogens is 4. The summed E-state index contributed by atoms with van der Waals surface area (Å²) in [6.45, 7) is 4.23. The molecule has 1 aromatic carbocycles. The van der Waals surface area contributed by atoms with E-state index < -0.39 is 0 Å². The Morgan fingerprint density at radius 2 is 1.93 bits per heavy atom. The van der Waals surface area contributed by atoms with Crippen LogP contribution in [-0.4, -0.2) is 50.3 Å². The summed E-state index contributed by atoms with van der Waals surface area (Å²) < 4.78 is 9.31. The van der Waals surface area contributed by atoms with Gasteiger partial charge in [0.15, 0.2) is 0 Å². The first kappa shape index (κ1) is 19.2. The molecule has 1 fully saturated rings. The lowest BCUT2D eigenvalue weighted by atomic mass is 10.1. The number of hydrogen-bond acceptors (Lipinski definition) is 5. The summed E-state index contributed by atoms with van der Waals surface area (Å²) in [6.07, 6.45) is 7.54. The van der Waals surface area contributed by atoms with Crippen LogP contribution in [0.25, 0.3) is 5.69 Å². The predicted molar refractivity (Wildman–Crippen MR) is 110 cm³/mol. The molecule has 0 saturated carbocycles. The number of anilines is 1. The van der Waals surface area contributed by atoms with Crippen LogP contribution < -0.4 is 10.1 Å². The van der Waals surface area contributed by atoms with E-state index in [0.29, 0.717) is 6.04 Å². The number of methoxy groups -OCH3 is 1. The number of amides is 1. The van der Waals surface area contributed by atoms with Crippen LogP contribution in [0.5, 0.6) is 5.75 Å². The zero-order valence-electron chi connectivity index (χ0n) is 16.8. The average molecular weight is 394 g/mol. The van der Waals surface area contributed by atoms with Gasteiger partial charge in [0.05, 0.1) is 25.9 Å². The van der Waals surface area contributed by atoms with Gasteiger partial charge in [-0.25, -0.2) is 9.67 Å². The molecule has 0 atom stereocenters. The Labute approximate surface area is 170 Å². The molecule has 3 heterocycles. The first-order valence-corrected chi connectivity index (χ1v) is 9.84. The number of likely N-dealkylation sites (tertiary alicyclic amines) is 1. The van der Waals surface area contributed by atoms with Crippen molar-refractivity contribution in [3.8, 4) is 11.4 Å². The molecule has 1 amide bonds. The number of nitrogens with one attached hydrogen (secondary N) is 1. The molecule has 1 N–H and O–H groups in total. The summed E-state index contributed by atoms with van der Waals surface area (Å²) in [7, 11) is 1.67. The highest BCUT2D eigenvalue weighted by Gasteiger charge is 2.24. The normalized spacial score (nSPS) is 15.4. The van der Waals surface area contributed by atoms with E-state index in [1.807, 2.05) is 47.4 Å². The molecule has 8 heteroatoms. The second-order valence-corrected chi connectivity index (χ2v) is 7.26. The summed E-state index contributed by atoms with van der Waals surface area (Å²) in [5.41, 5.74) is 1.07. The average Bonchev–Trinajstić information content (AvgIpc) is 3.38. The minimum Gasteiger partial charge on any atom is -0.497 e. The van der Waals surface area contributed by atoms with Crippen molar-refractivity contribution in [1.29, 1.82) is 0 Å². The Hall–Kier alpha value is -3.13. The quantitative estimate of drug-likeness (QED) is 0.696. The van der Waals surface area contributed by atoms with Crippen molar-refractivity contribution in [1.82, 2.24) is 24.2 Å². The van der Waals surface area contributed by atoms with Crippen molar-refractivity contribution in [2.24, 2.45) is 0 Å². The number of benzene rings is 1. The summed E-state index contributed by atoms with van der Waals surface area (Å²) in [6, 6.07) is 10.1. The lowest BCUT2D eigenvalue weighted by molar-refractivity contribution is -0.114. The van der Waals surface area contributed by atoms with Gasteiger partial charge in [-0.2, -0.15) is 5.10 Å². The summed E-state index contributed by atoms with van der Waals surface area (Å²) >= 11 is 0. The Morgan fingerprint density at radius 3 is 2.62 bits per heavy atom. The van der Waals surface area contributed by atoms with Crippen molar-refractivity contribution in [2.45, 2.75) is 32.4 Å². The largest absolute Gasteiger partial charge is 0.497 e. The van der Waals surface area contributed by atoms with E-state index in [1.165, 1.54) is 6.92 Å². The van der Waals surface area contributed by atoms with E-state index in [1.54, 1.807) is 13.3 Å². The lowest BCUT2D eigenvalue weighted by Crippen LogP contribution is -2.35. The van der Waals surface area contributed by atoms with E-state index in [4.69, 9.17) is 4.74 Å². The van der Waals surface area contributed by atoms with Gasteiger partial charge >= 0.3 is 0 Å². The number of ether oxygens (including phenoxy) is 1. The Balaban J connectivity index is 1.39. The molecular weight excluding hydrogens is 368 g/mol. The SMILES string of the molecule is COc1ccc(-n2ccnc2CN2CCC(n3nccc3NC(C)=O)CC2)cc1. The third-order valence-corrected chi connectivity index (χ3v) is 5.31. The second kappa shape index (κ2) is 8.48. The monoisotopic (exact) mass is 394 g/mol. The van der Waals surface area contributed by atoms with Gasteiger partial charge in [0.1, 0.15) is 17.4 Å². The topological polar surface area (TPSA) is 77.2 Å². The molecule has 4 rings (SSSR count). The molecule has 1 saturated heterocycles. The van der Waals surface area contributed by atoms with E-state index in [-0.39, 0.29) is 5.91 Å². The summed E-state index contributed by atoms with van der Waals surface area (Å²) in [5, 5.41) is 7.28. The van der Waals surface area contributed by atoms with Crippen molar-refractivity contribution >= 4 is 11.7 Å². The molecular formula is C21H26N6O2. The Kier molecular flexibility index (Phi) is 5.62. The van der Waals surface area contributed by atoms with Crippen molar-refractivity contribution < 1.29 is 9.53 Å². The maximum atomic E-state index is 11.4. The van der Waals surface area contributed by atoms with Gasteiger partial charge < -0.3 is 14.6 Å². The van der Waals surface area contributed by atoms with E-state index in [2.05, 4.69) is 24.9 Å². The minimum absolute atomic E-state index is 0.0745. The molecule has 0 bridgehead atoms. The molecule has 0 aliphatic carbocycles. The molecule has 8 nitrogen and oxygen atoms in total. The predicted octanol–water partition coefficient (Wildman–Crippen LogP) is 2.87. The third-order valence-electron chi connectivity index (χ3n) is 5.31. The van der Waals surface area contributed by atoms with Crippen LogP contribution in [-0.2, 0) is 11.3 Å². The highest BCUT2D eigenvalue weighted by atomic mass is 16.5. The Bertz CT molecular complexity index is 954. The number of carbonyl (C=O) groups is 1. The lowest BCUT2D eigenvalue weighted by Gasteiger charge is -2.32. The van der Waals surface area contributed by atoms with Crippen LogP contribution in [0.2, 0.25) is 0 Å². The van der Waals surface area contributed by atoms with Crippen LogP contribution in [0.3, 0.4) is 0 Å². The first-order valence-electron chi connectivity index (χ1n) is 9.84. The van der Waals surface area contributed by atoms with E-state index >= 15 is 0 Å². The van der Waals surface area contributed by atoms with Gasteiger partial charge in [0.2, 0.25) is 5.91 Å². The molecule has 1 aliphatic heterocycles. The molecule has 0 radical (unpaired) electrons. The third kappa shape index (κ3) is 4.32. The maximum Gasteiger partial charge on any atom is 0.222 e. The summed E-state index contributed by atoms with van der Waals surface area (Å²) in [5.74, 6) is 2.56. The van der Waals surface area contributed by atoms with Crippen LogP contribution in [0, 0.1) is 0 Å². The van der Waals surface area contributed by atoms with Crippen LogP contribution >= 0.6 is 0 Å². The maximum absolute atomic E-state index is 11.4. The fraction of sp³-hybridized carbons (Fsp3) is 0.381. The van der Waals surface area contributed by atoms with E-state index in [0.717, 1.165) is 55.6 Å². The molecule has 29 heavy (non-hydrogen) atoms. The fourth-order valence-electron chi connectivity index (χ4n) is 3.84. The highest BCUT2D eigenvalue weighted by molar-refractivity contribution is 5.87. The molecule has 1 aliphatic rings.